The molecule has 0 aromatic heterocycles. The molecule has 1 N–H and O–H groups in total. The van der Waals surface area contributed by atoms with E-state index in [-0.39, 0.29) is 16.4 Å². The highest BCUT2D eigenvalue weighted by Gasteiger charge is 2.25. The van der Waals surface area contributed by atoms with E-state index in [1.165, 1.54) is 21.3 Å². The third kappa shape index (κ3) is 5.26. The summed E-state index contributed by atoms with van der Waals surface area (Å²) in [5.41, 5.74) is 0.662. The van der Waals surface area contributed by atoms with E-state index in [0.29, 0.717) is 17.1 Å². The first-order valence-electron chi connectivity index (χ1n) is 8.33. The van der Waals surface area contributed by atoms with Crippen LogP contribution in [0.1, 0.15) is 20.7 Å². The number of benzene rings is 2. The minimum Gasteiger partial charge on any atom is -0.496 e. The number of thioether (sulfide) groups is 1. The van der Waals surface area contributed by atoms with E-state index in [2.05, 4.69) is 5.32 Å². The lowest BCUT2D eigenvalue weighted by Gasteiger charge is -2.17. The van der Waals surface area contributed by atoms with Crippen LogP contribution < -0.4 is 14.8 Å². The first-order valence-corrected chi connectivity index (χ1v) is 9.32. The molecule has 148 valence electrons. The van der Waals surface area contributed by atoms with Crippen LogP contribution in [0.25, 0.3) is 0 Å². The predicted molar refractivity (Wildman–Crippen MR) is 106 cm³/mol. The predicted octanol–water partition coefficient (Wildman–Crippen LogP) is 2.55. The van der Waals surface area contributed by atoms with Crippen molar-refractivity contribution in [2.24, 2.45) is 0 Å². The summed E-state index contributed by atoms with van der Waals surface area (Å²) in [5.74, 6) is -0.333. The molecular weight excluding hydrogens is 382 g/mol. The van der Waals surface area contributed by atoms with Gasteiger partial charge < -0.3 is 19.5 Å². The van der Waals surface area contributed by atoms with E-state index in [9.17, 15) is 14.4 Å². The average molecular weight is 403 g/mol. The number of methoxy groups -OCH3 is 3. The van der Waals surface area contributed by atoms with Crippen molar-refractivity contribution in [3.05, 3.63) is 59.7 Å². The Kier molecular flexibility index (Phi) is 7.88. The zero-order valence-electron chi connectivity index (χ0n) is 15.8. The largest absolute Gasteiger partial charge is 0.496 e. The van der Waals surface area contributed by atoms with Gasteiger partial charge in [0, 0.05) is 5.75 Å². The molecule has 2 rings (SSSR count). The number of carbonyl (C=O) groups excluding carboxylic acids is 3. The van der Waals surface area contributed by atoms with Crippen molar-refractivity contribution in [3.63, 3.8) is 0 Å². The van der Waals surface area contributed by atoms with Gasteiger partial charge >= 0.3 is 5.97 Å². The van der Waals surface area contributed by atoms with Gasteiger partial charge in [0.1, 0.15) is 17.5 Å². The molecule has 0 unspecified atom stereocenters. The van der Waals surface area contributed by atoms with Gasteiger partial charge in [-0.15, -0.1) is 0 Å². The maximum atomic E-state index is 12.6. The summed E-state index contributed by atoms with van der Waals surface area (Å²) in [5, 5.41) is 2.32. The molecule has 8 heteroatoms. The maximum absolute atomic E-state index is 12.6. The van der Waals surface area contributed by atoms with Gasteiger partial charge in [-0.05, 0) is 24.3 Å². The van der Waals surface area contributed by atoms with E-state index in [1.54, 1.807) is 48.5 Å². The molecular formula is C20H21NO6S. The number of hydrogen-bond donors (Lipinski definition) is 1. The molecule has 1 amide bonds. The number of ether oxygens (including phenoxy) is 3. The molecule has 0 heterocycles. The molecule has 0 bridgehead atoms. The monoisotopic (exact) mass is 403 g/mol. The van der Waals surface area contributed by atoms with Crippen LogP contribution in [0, 0.1) is 0 Å². The minimum atomic E-state index is -1.01. The Morgan fingerprint density at radius 1 is 0.893 bits per heavy atom. The molecule has 1 atom stereocenters. The lowest BCUT2D eigenvalue weighted by atomic mass is 10.1. The Labute approximate surface area is 167 Å². The van der Waals surface area contributed by atoms with Crippen molar-refractivity contribution in [1.82, 2.24) is 5.32 Å². The van der Waals surface area contributed by atoms with E-state index < -0.39 is 17.9 Å². The van der Waals surface area contributed by atoms with Gasteiger partial charge in [0.2, 0.25) is 5.12 Å². The second-order valence-electron chi connectivity index (χ2n) is 5.55. The molecule has 0 radical (unpaired) electrons. The normalized spacial score (nSPS) is 11.2. The summed E-state index contributed by atoms with van der Waals surface area (Å²) in [6.07, 6.45) is 0. The number of amides is 1. The molecule has 0 aliphatic heterocycles. The Morgan fingerprint density at radius 3 is 2.00 bits per heavy atom. The average Bonchev–Trinajstić information content (AvgIpc) is 2.75. The lowest BCUT2D eigenvalue weighted by Crippen LogP contribution is -2.43. The fraction of sp³-hybridized carbons (Fsp3) is 0.250. The SMILES string of the molecule is COC(=O)[C@H](CSC(=O)c1ccccc1OC)NC(=O)c1ccccc1OC. The fourth-order valence-corrected chi connectivity index (χ4v) is 3.29. The van der Waals surface area contributed by atoms with Gasteiger partial charge in [-0.3, -0.25) is 9.59 Å². The highest BCUT2D eigenvalue weighted by Crippen LogP contribution is 2.23. The van der Waals surface area contributed by atoms with Crippen LogP contribution in [0.15, 0.2) is 48.5 Å². The Morgan fingerprint density at radius 2 is 1.43 bits per heavy atom. The minimum absolute atomic E-state index is 0.00441. The van der Waals surface area contributed by atoms with Crippen molar-refractivity contribution in [2.75, 3.05) is 27.1 Å². The third-order valence-corrected chi connectivity index (χ3v) is 4.83. The number of carbonyl (C=O) groups is 3. The molecule has 0 spiro atoms. The standard InChI is InChI=1S/C20H21NO6S/c1-25-16-10-6-4-8-13(16)18(22)21-15(19(23)27-3)12-28-20(24)14-9-5-7-11-17(14)26-2/h4-11,15H,12H2,1-3H3,(H,21,22)/t15-/m0/s1. The first kappa shape index (κ1) is 21.3. The second-order valence-corrected chi connectivity index (χ2v) is 6.54. The molecule has 0 aliphatic rings. The number of hydrogen-bond acceptors (Lipinski definition) is 7. The van der Waals surface area contributed by atoms with Crippen LogP contribution in [-0.4, -0.2) is 50.1 Å². The van der Waals surface area contributed by atoms with Crippen LogP contribution in [-0.2, 0) is 9.53 Å². The number of para-hydroxylation sites is 2. The Balaban J connectivity index is 2.11. The maximum Gasteiger partial charge on any atom is 0.329 e. The number of nitrogens with one attached hydrogen (secondary N) is 1. The quantitative estimate of drug-likeness (QED) is 0.677. The summed E-state index contributed by atoms with van der Waals surface area (Å²) in [6, 6.07) is 12.4. The van der Waals surface area contributed by atoms with Crippen LogP contribution in [0.5, 0.6) is 11.5 Å². The van der Waals surface area contributed by atoms with Crippen LogP contribution >= 0.6 is 11.8 Å². The van der Waals surface area contributed by atoms with E-state index in [0.717, 1.165) is 11.8 Å². The van der Waals surface area contributed by atoms with E-state index in [4.69, 9.17) is 14.2 Å². The van der Waals surface area contributed by atoms with E-state index in [1.807, 2.05) is 0 Å². The summed E-state index contributed by atoms with van der Waals surface area (Å²) in [7, 11) is 4.14. The van der Waals surface area contributed by atoms with Gasteiger partial charge in [-0.2, -0.15) is 0 Å². The first-order chi connectivity index (χ1) is 13.5. The second kappa shape index (κ2) is 10.4. The van der Waals surface area contributed by atoms with Crippen LogP contribution in [0.3, 0.4) is 0 Å². The highest BCUT2D eigenvalue weighted by atomic mass is 32.2. The molecule has 0 aliphatic carbocycles. The van der Waals surface area contributed by atoms with Crippen LogP contribution in [0.4, 0.5) is 0 Å². The van der Waals surface area contributed by atoms with Gasteiger partial charge in [0.05, 0.1) is 32.5 Å². The van der Waals surface area contributed by atoms with Gasteiger partial charge in [0.15, 0.2) is 0 Å². The van der Waals surface area contributed by atoms with Crippen molar-refractivity contribution in [1.29, 1.82) is 0 Å². The molecule has 2 aromatic rings. The molecule has 0 saturated carbocycles. The molecule has 0 saturated heterocycles. The highest BCUT2D eigenvalue weighted by molar-refractivity contribution is 8.14. The van der Waals surface area contributed by atoms with E-state index >= 15 is 0 Å². The van der Waals surface area contributed by atoms with Crippen molar-refractivity contribution in [2.45, 2.75) is 6.04 Å². The number of rotatable bonds is 8. The summed E-state index contributed by atoms with van der Waals surface area (Å²) < 4.78 is 15.1. The molecule has 2 aromatic carbocycles. The van der Waals surface area contributed by atoms with Crippen molar-refractivity contribution in [3.8, 4) is 11.5 Å². The Hall–Kier alpha value is -3.00. The Bertz CT molecular complexity index is 854. The number of esters is 1. The summed E-state index contributed by atoms with van der Waals surface area (Å²) in [4.78, 5) is 37.1. The summed E-state index contributed by atoms with van der Waals surface area (Å²) >= 11 is 0.892. The molecule has 28 heavy (non-hydrogen) atoms. The lowest BCUT2D eigenvalue weighted by molar-refractivity contribution is -0.142. The topological polar surface area (TPSA) is 90.9 Å². The zero-order valence-corrected chi connectivity index (χ0v) is 16.6. The fourth-order valence-electron chi connectivity index (χ4n) is 2.43. The van der Waals surface area contributed by atoms with Gasteiger partial charge in [-0.1, -0.05) is 36.0 Å². The molecule has 7 nitrogen and oxygen atoms in total. The van der Waals surface area contributed by atoms with Gasteiger partial charge in [0.25, 0.3) is 5.91 Å². The zero-order chi connectivity index (χ0) is 20.5. The summed E-state index contributed by atoms with van der Waals surface area (Å²) in [6.45, 7) is 0. The smallest absolute Gasteiger partial charge is 0.329 e. The van der Waals surface area contributed by atoms with Crippen molar-refractivity contribution < 1.29 is 28.6 Å². The van der Waals surface area contributed by atoms with Gasteiger partial charge in [-0.25, -0.2) is 4.79 Å². The van der Waals surface area contributed by atoms with Crippen LogP contribution in [0.2, 0.25) is 0 Å². The van der Waals surface area contributed by atoms with Crippen molar-refractivity contribution >= 4 is 28.8 Å². The molecule has 0 fully saturated rings. The third-order valence-electron chi connectivity index (χ3n) is 3.85.